The van der Waals surface area contributed by atoms with Crippen molar-refractivity contribution < 1.29 is 34.0 Å². The molecule has 0 spiro atoms. The second-order valence-corrected chi connectivity index (χ2v) is 12.5. The van der Waals surface area contributed by atoms with Crippen molar-refractivity contribution in [2.24, 2.45) is 0 Å². The number of phenols is 1. The van der Waals surface area contributed by atoms with E-state index in [1.807, 2.05) is 0 Å². The van der Waals surface area contributed by atoms with E-state index in [9.17, 15) is 15.0 Å². The number of benzene rings is 1. The minimum Gasteiger partial charge on any atom is -0.503 e. The molecule has 0 saturated carbocycles. The van der Waals surface area contributed by atoms with Crippen LogP contribution in [0.1, 0.15) is 186 Å². The Morgan fingerprint density at radius 2 is 0.711 bits per heavy atom. The molecule has 0 bridgehead atoms. The molecular formula is C38H68O7. The highest BCUT2D eigenvalue weighted by atomic mass is 16.6. The summed E-state index contributed by atoms with van der Waals surface area (Å²) in [5.74, 6) is -1.13. The smallest absolute Gasteiger partial charge is 0.343 e. The van der Waals surface area contributed by atoms with Crippen molar-refractivity contribution in [3.05, 3.63) is 5.56 Å². The van der Waals surface area contributed by atoms with Crippen LogP contribution < -0.4 is 18.9 Å². The molecule has 0 radical (unpaired) electrons. The van der Waals surface area contributed by atoms with Gasteiger partial charge < -0.3 is 29.2 Å². The lowest BCUT2D eigenvalue weighted by Gasteiger charge is -2.23. The predicted octanol–water partition coefficient (Wildman–Crippen LogP) is 11.7. The van der Waals surface area contributed by atoms with Crippen LogP contribution >= 0.6 is 0 Å². The van der Waals surface area contributed by atoms with Crippen LogP contribution in [0.4, 0.5) is 0 Å². The third kappa shape index (κ3) is 17.8. The second kappa shape index (κ2) is 28.0. The zero-order valence-electron chi connectivity index (χ0n) is 29.5. The number of aromatic hydroxyl groups is 1. The molecule has 0 fully saturated rings. The zero-order valence-corrected chi connectivity index (χ0v) is 29.5. The average molecular weight is 637 g/mol. The molecule has 262 valence electrons. The minimum absolute atomic E-state index is 0.0432. The van der Waals surface area contributed by atoms with Gasteiger partial charge in [-0.3, -0.25) is 0 Å². The molecule has 0 saturated heterocycles. The summed E-state index contributed by atoms with van der Waals surface area (Å²) < 4.78 is 24.8. The van der Waals surface area contributed by atoms with E-state index in [0.29, 0.717) is 26.4 Å². The summed E-state index contributed by atoms with van der Waals surface area (Å²) in [7, 11) is 0. The Bertz CT molecular complexity index is 870. The molecule has 7 nitrogen and oxygen atoms in total. The number of unbranched alkanes of at least 4 members (excludes halogenated alkanes) is 19. The van der Waals surface area contributed by atoms with E-state index in [0.717, 1.165) is 70.6 Å². The Morgan fingerprint density at radius 1 is 0.422 bits per heavy atom. The van der Waals surface area contributed by atoms with Gasteiger partial charge in [-0.1, -0.05) is 150 Å². The first-order valence-corrected chi connectivity index (χ1v) is 18.7. The van der Waals surface area contributed by atoms with E-state index in [4.69, 9.17) is 18.9 Å². The summed E-state index contributed by atoms with van der Waals surface area (Å²) >= 11 is 0. The Morgan fingerprint density at radius 3 is 1.09 bits per heavy atom. The van der Waals surface area contributed by atoms with Crippen molar-refractivity contribution >= 4 is 5.97 Å². The van der Waals surface area contributed by atoms with Crippen molar-refractivity contribution in [2.75, 3.05) is 26.4 Å². The fourth-order valence-electron chi connectivity index (χ4n) is 5.40. The van der Waals surface area contributed by atoms with Gasteiger partial charge in [-0.2, -0.15) is 0 Å². The van der Waals surface area contributed by atoms with E-state index in [-0.39, 0.29) is 28.6 Å². The Kier molecular flexibility index (Phi) is 25.3. The number of ether oxygens (including phenoxy) is 4. The highest BCUT2D eigenvalue weighted by Gasteiger charge is 2.32. The first kappa shape index (κ1) is 40.7. The van der Waals surface area contributed by atoms with Gasteiger partial charge in [0.05, 0.1) is 26.4 Å². The van der Waals surface area contributed by atoms with Gasteiger partial charge in [-0.25, -0.2) is 4.79 Å². The average Bonchev–Trinajstić information content (AvgIpc) is 3.02. The number of carboxylic acid groups (broad SMARTS) is 1. The van der Waals surface area contributed by atoms with Gasteiger partial charge >= 0.3 is 5.97 Å². The molecule has 0 aliphatic carbocycles. The van der Waals surface area contributed by atoms with Crippen LogP contribution in [-0.4, -0.2) is 42.6 Å². The second-order valence-electron chi connectivity index (χ2n) is 12.5. The van der Waals surface area contributed by atoms with Crippen molar-refractivity contribution in [1.29, 1.82) is 0 Å². The first-order valence-electron chi connectivity index (χ1n) is 18.7. The molecule has 45 heavy (non-hydrogen) atoms. The number of carboxylic acids is 1. The predicted molar refractivity (Wildman–Crippen MR) is 186 cm³/mol. The third-order valence-electron chi connectivity index (χ3n) is 8.24. The molecule has 0 aromatic heterocycles. The normalized spacial score (nSPS) is 11.1. The van der Waals surface area contributed by atoms with E-state index >= 15 is 0 Å². The molecule has 0 aliphatic heterocycles. The first-order chi connectivity index (χ1) is 22.0. The van der Waals surface area contributed by atoms with Gasteiger partial charge in [0.1, 0.15) is 0 Å². The maximum absolute atomic E-state index is 12.5. The fraction of sp³-hybridized carbons (Fsp3) is 0.816. The molecule has 0 unspecified atom stereocenters. The van der Waals surface area contributed by atoms with Crippen molar-refractivity contribution in [3.8, 4) is 28.7 Å². The summed E-state index contributed by atoms with van der Waals surface area (Å²) in [6, 6.07) is 0. The van der Waals surface area contributed by atoms with E-state index in [1.54, 1.807) is 0 Å². The van der Waals surface area contributed by atoms with Crippen molar-refractivity contribution in [2.45, 2.75) is 175 Å². The van der Waals surface area contributed by atoms with E-state index < -0.39 is 11.7 Å². The van der Waals surface area contributed by atoms with Crippen LogP contribution in [-0.2, 0) is 0 Å². The maximum Gasteiger partial charge on any atom is 0.343 e. The highest BCUT2D eigenvalue weighted by molar-refractivity contribution is 5.97. The molecular weight excluding hydrogens is 568 g/mol. The van der Waals surface area contributed by atoms with Crippen molar-refractivity contribution in [3.63, 3.8) is 0 Å². The number of hydrogen-bond acceptors (Lipinski definition) is 6. The zero-order chi connectivity index (χ0) is 33.0. The Balaban J connectivity index is 3.20. The molecule has 1 rings (SSSR count). The highest BCUT2D eigenvalue weighted by Crippen LogP contribution is 2.53. The van der Waals surface area contributed by atoms with Crippen LogP contribution in [0.25, 0.3) is 0 Å². The molecule has 0 atom stereocenters. The summed E-state index contributed by atoms with van der Waals surface area (Å²) in [5, 5.41) is 21.5. The number of carbonyl (C=O) groups is 1. The lowest BCUT2D eigenvalue weighted by Crippen LogP contribution is -2.13. The fourth-order valence-corrected chi connectivity index (χ4v) is 5.40. The summed E-state index contributed by atoms with van der Waals surface area (Å²) in [6.07, 6.45) is 25.5. The van der Waals surface area contributed by atoms with Gasteiger partial charge in [-0.15, -0.1) is 0 Å². The maximum atomic E-state index is 12.5. The standard InChI is InChI=1S/C38H68O7/c1-5-9-13-16-19-22-25-29-42-34-32(38(40)41)33(39)35(43-28-12-8-4)37(45-31-27-24-21-18-15-11-7-3)36(34)44-30-26-23-20-17-14-10-6-2/h39H,5-31H2,1-4H3,(H,40,41). The minimum atomic E-state index is -1.28. The van der Waals surface area contributed by atoms with Crippen LogP contribution in [0.15, 0.2) is 0 Å². The lowest BCUT2D eigenvalue weighted by molar-refractivity contribution is 0.0685. The van der Waals surface area contributed by atoms with Crippen molar-refractivity contribution in [1.82, 2.24) is 0 Å². The monoisotopic (exact) mass is 636 g/mol. The number of aromatic carboxylic acids is 1. The van der Waals surface area contributed by atoms with Gasteiger partial charge in [-0.05, 0) is 25.7 Å². The quantitative estimate of drug-likeness (QED) is 0.0760. The van der Waals surface area contributed by atoms with Crippen LogP contribution in [0.5, 0.6) is 28.7 Å². The molecule has 1 aromatic carbocycles. The van der Waals surface area contributed by atoms with Crippen LogP contribution in [0.3, 0.4) is 0 Å². The summed E-state index contributed by atoms with van der Waals surface area (Å²) in [4.78, 5) is 12.5. The molecule has 1 aromatic rings. The Hall–Kier alpha value is -2.31. The topological polar surface area (TPSA) is 94.5 Å². The Labute approximate surface area is 275 Å². The number of hydrogen-bond donors (Lipinski definition) is 2. The molecule has 0 amide bonds. The summed E-state index contributed by atoms with van der Waals surface area (Å²) in [6.45, 7) is 10.2. The molecule has 0 aliphatic rings. The van der Waals surface area contributed by atoms with Crippen LogP contribution in [0.2, 0.25) is 0 Å². The molecule has 7 heteroatoms. The van der Waals surface area contributed by atoms with Gasteiger partial charge in [0.25, 0.3) is 0 Å². The van der Waals surface area contributed by atoms with E-state index in [1.165, 1.54) is 77.0 Å². The largest absolute Gasteiger partial charge is 0.503 e. The van der Waals surface area contributed by atoms with Gasteiger partial charge in [0.2, 0.25) is 17.2 Å². The summed E-state index contributed by atoms with van der Waals surface area (Å²) in [5.41, 5.74) is -0.317. The van der Waals surface area contributed by atoms with E-state index in [2.05, 4.69) is 27.7 Å². The number of rotatable bonds is 32. The van der Waals surface area contributed by atoms with Crippen LogP contribution in [0, 0.1) is 0 Å². The van der Waals surface area contributed by atoms with Gasteiger partial charge in [0, 0.05) is 0 Å². The molecule has 0 heterocycles. The van der Waals surface area contributed by atoms with Gasteiger partial charge in [0.15, 0.2) is 17.1 Å². The SMILES string of the molecule is CCCCCCCCCOc1c(OCCCC)c(O)c(C(=O)O)c(OCCCCCCCCC)c1OCCCCCCCCC. The molecule has 2 N–H and O–H groups in total. The lowest BCUT2D eigenvalue weighted by atomic mass is 10.1. The third-order valence-corrected chi connectivity index (χ3v) is 8.24.